The molecule has 0 aliphatic carbocycles. The second-order valence-electron chi connectivity index (χ2n) is 6.76. The molecule has 1 N–H and O–H groups in total. The highest BCUT2D eigenvalue weighted by molar-refractivity contribution is 7.88. The minimum Gasteiger partial charge on any atom is -0.455 e. The number of nitrogens with one attached hydrogen (secondary N) is 1. The Labute approximate surface area is 191 Å². The van der Waals surface area contributed by atoms with Crippen LogP contribution in [-0.2, 0) is 21.4 Å². The summed E-state index contributed by atoms with van der Waals surface area (Å²) in [6.45, 7) is -0.342. The monoisotopic (exact) mass is 478 g/mol. The van der Waals surface area contributed by atoms with Gasteiger partial charge in [-0.3, -0.25) is 4.79 Å². The van der Waals surface area contributed by atoms with Crippen LogP contribution in [0.2, 0.25) is 10.0 Å². The quantitative estimate of drug-likeness (QED) is 0.483. The summed E-state index contributed by atoms with van der Waals surface area (Å²) in [4.78, 5) is 12.7. The van der Waals surface area contributed by atoms with Gasteiger partial charge in [0.15, 0.2) is 5.75 Å². The van der Waals surface area contributed by atoms with E-state index in [0.29, 0.717) is 32.8 Å². The number of halogens is 2. The third kappa shape index (κ3) is 6.97. The molecule has 9 heteroatoms. The first-order valence-corrected chi connectivity index (χ1v) is 11.8. The summed E-state index contributed by atoms with van der Waals surface area (Å²) < 4.78 is 31.4. The second-order valence-corrected chi connectivity index (χ2v) is 9.62. The average molecular weight is 479 g/mol. The topological polar surface area (TPSA) is 75.7 Å². The van der Waals surface area contributed by atoms with Crippen LogP contribution < -0.4 is 10.1 Å². The molecule has 0 aliphatic rings. The molecular formula is C22H20Cl2N2O4S. The number of amides is 1. The normalized spacial score (nSPS) is 11.4. The van der Waals surface area contributed by atoms with Crippen LogP contribution >= 0.6 is 23.2 Å². The number of rotatable bonds is 8. The first-order chi connectivity index (χ1) is 14.7. The van der Waals surface area contributed by atoms with E-state index in [9.17, 15) is 13.2 Å². The maximum absolute atomic E-state index is 12.7. The molecule has 3 aromatic carbocycles. The highest BCUT2D eigenvalue weighted by Gasteiger charge is 2.21. The van der Waals surface area contributed by atoms with Crippen LogP contribution in [0, 0.1) is 0 Å². The van der Waals surface area contributed by atoms with Gasteiger partial charge in [0.2, 0.25) is 15.9 Å². The van der Waals surface area contributed by atoms with Gasteiger partial charge in [0.05, 0.1) is 18.5 Å². The summed E-state index contributed by atoms with van der Waals surface area (Å²) in [6.07, 6.45) is 1.06. The molecule has 0 spiro atoms. The summed E-state index contributed by atoms with van der Waals surface area (Å²) >= 11 is 12.0. The Hall–Kier alpha value is -2.58. The van der Waals surface area contributed by atoms with Gasteiger partial charge in [-0.15, -0.1) is 0 Å². The van der Waals surface area contributed by atoms with E-state index in [1.54, 1.807) is 54.6 Å². The smallest absolute Gasteiger partial charge is 0.239 e. The number of carbonyl (C=O) groups excluding carboxylic acids is 1. The Morgan fingerprint density at radius 1 is 0.968 bits per heavy atom. The number of nitrogens with zero attached hydrogens (tertiary/aromatic N) is 1. The maximum atomic E-state index is 12.7. The highest BCUT2D eigenvalue weighted by Crippen LogP contribution is 2.32. The fourth-order valence-corrected chi connectivity index (χ4v) is 3.77. The fraction of sp³-hybridized carbons (Fsp3) is 0.136. The molecule has 0 saturated carbocycles. The lowest BCUT2D eigenvalue weighted by atomic mass is 10.2. The zero-order chi connectivity index (χ0) is 22.4. The first-order valence-electron chi connectivity index (χ1n) is 9.22. The van der Waals surface area contributed by atoms with Gasteiger partial charge < -0.3 is 10.1 Å². The van der Waals surface area contributed by atoms with E-state index >= 15 is 0 Å². The van der Waals surface area contributed by atoms with Crippen molar-refractivity contribution in [2.24, 2.45) is 0 Å². The highest BCUT2D eigenvalue weighted by atomic mass is 35.5. The van der Waals surface area contributed by atoms with Crippen molar-refractivity contribution in [1.29, 1.82) is 0 Å². The minimum atomic E-state index is -3.65. The van der Waals surface area contributed by atoms with Crippen molar-refractivity contribution in [2.75, 3.05) is 18.1 Å². The van der Waals surface area contributed by atoms with E-state index in [4.69, 9.17) is 27.9 Å². The van der Waals surface area contributed by atoms with Gasteiger partial charge in [-0.1, -0.05) is 53.5 Å². The molecule has 162 valence electrons. The predicted molar refractivity (Wildman–Crippen MR) is 123 cm³/mol. The van der Waals surface area contributed by atoms with Crippen LogP contribution in [0.25, 0.3) is 0 Å². The lowest BCUT2D eigenvalue weighted by Gasteiger charge is -2.20. The molecule has 31 heavy (non-hydrogen) atoms. The van der Waals surface area contributed by atoms with Crippen LogP contribution in [0.1, 0.15) is 5.56 Å². The number of sulfonamides is 1. The first kappa shape index (κ1) is 23.1. The molecule has 0 saturated heterocycles. The summed E-state index contributed by atoms with van der Waals surface area (Å²) in [7, 11) is -3.65. The van der Waals surface area contributed by atoms with Crippen molar-refractivity contribution in [2.45, 2.75) is 6.54 Å². The Morgan fingerprint density at radius 3 is 2.26 bits per heavy atom. The molecular weight excluding hydrogens is 459 g/mol. The Morgan fingerprint density at radius 2 is 1.61 bits per heavy atom. The number of benzene rings is 3. The minimum absolute atomic E-state index is 0.0341. The molecule has 0 aliphatic heterocycles. The standard InChI is InChI=1S/C22H20Cl2N2O4S/c1-31(28,29)26(14-16-7-9-17(23)10-8-16)15-22(27)25-20-13-18(24)11-12-21(20)30-19-5-3-2-4-6-19/h2-13H,14-15H2,1H3,(H,25,27). The van der Waals surface area contributed by atoms with Crippen molar-refractivity contribution >= 4 is 44.8 Å². The maximum Gasteiger partial charge on any atom is 0.239 e. The molecule has 0 heterocycles. The van der Waals surface area contributed by atoms with Crippen molar-refractivity contribution in [3.8, 4) is 11.5 Å². The average Bonchev–Trinajstić information content (AvgIpc) is 2.71. The van der Waals surface area contributed by atoms with Gasteiger partial charge in [0.25, 0.3) is 0 Å². The number of anilines is 1. The molecule has 0 bridgehead atoms. The molecule has 0 atom stereocenters. The van der Waals surface area contributed by atoms with E-state index in [0.717, 1.165) is 10.6 Å². The Kier molecular flexibility index (Phi) is 7.56. The number of ether oxygens (including phenoxy) is 1. The van der Waals surface area contributed by atoms with Crippen LogP contribution in [0.4, 0.5) is 5.69 Å². The largest absolute Gasteiger partial charge is 0.455 e. The number of carbonyl (C=O) groups is 1. The Balaban J connectivity index is 1.76. The third-order valence-corrected chi connectivity index (χ3v) is 5.93. The zero-order valence-electron chi connectivity index (χ0n) is 16.6. The van der Waals surface area contributed by atoms with Crippen molar-refractivity contribution in [3.05, 3.63) is 88.4 Å². The second kappa shape index (κ2) is 10.2. The molecule has 3 aromatic rings. The molecule has 6 nitrogen and oxygen atoms in total. The van der Waals surface area contributed by atoms with Crippen LogP contribution in [0.3, 0.4) is 0 Å². The van der Waals surface area contributed by atoms with E-state index in [2.05, 4.69) is 5.32 Å². The van der Waals surface area contributed by atoms with Gasteiger partial charge >= 0.3 is 0 Å². The molecule has 0 aromatic heterocycles. The fourth-order valence-electron chi connectivity index (χ4n) is 2.74. The van der Waals surface area contributed by atoms with Crippen molar-refractivity contribution in [3.63, 3.8) is 0 Å². The summed E-state index contributed by atoms with van der Waals surface area (Å²) in [5.41, 5.74) is 1.04. The summed E-state index contributed by atoms with van der Waals surface area (Å²) in [6, 6.07) is 20.6. The lowest BCUT2D eigenvalue weighted by Crippen LogP contribution is -2.36. The molecule has 3 rings (SSSR count). The van der Waals surface area contributed by atoms with Crippen LogP contribution in [0.5, 0.6) is 11.5 Å². The Bertz CT molecular complexity index is 1150. The molecule has 0 radical (unpaired) electrons. The van der Waals surface area contributed by atoms with Crippen LogP contribution in [0.15, 0.2) is 72.8 Å². The SMILES string of the molecule is CS(=O)(=O)N(CC(=O)Nc1cc(Cl)ccc1Oc1ccccc1)Cc1ccc(Cl)cc1. The summed E-state index contributed by atoms with van der Waals surface area (Å²) in [5, 5.41) is 3.63. The zero-order valence-corrected chi connectivity index (χ0v) is 18.9. The van der Waals surface area contributed by atoms with E-state index < -0.39 is 15.9 Å². The van der Waals surface area contributed by atoms with Crippen LogP contribution in [-0.4, -0.2) is 31.4 Å². The number of hydrogen-bond donors (Lipinski definition) is 1. The number of para-hydroxylation sites is 1. The van der Waals surface area contributed by atoms with Gasteiger partial charge in [-0.05, 0) is 48.0 Å². The van der Waals surface area contributed by atoms with Crippen molar-refractivity contribution < 1.29 is 17.9 Å². The van der Waals surface area contributed by atoms with E-state index in [1.165, 1.54) is 0 Å². The number of hydrogen-bond acceptors (Lipinski definition) is 4. The molecule has 1 amide bonds. The van der Waals surface area contributed by atoms with Gasteiger partial charge in [0.1, 0.15) is 5.75 Å². The van der Waals surface area contributed by atoms with Gasteiger partial charge in [-0.2, -0.15) is 4.31 Å². The van der Waals surface area contributed by atoms with Gasteiger partial charge in [0, 0.05) is 16.6 Å². The summed E-state index contributed by atoms with van der Waals surface area (Å²) in [5.74, 6) is 0.438. The predicted octanol–water partition coefficient (Wildman–Crippen LogP) is 5.19. The lowest BCUT2D eigenvalue weighted by molar-refractivity contribution is -0.116. The van der Waals surface area contributed by atoms with Gasteiger partial charge in [-0.25, -0.2) is 8.42 Å². The third-order valence-electron chi connectivity index (χ3n) is 4.25. The molecule has 0 unspecified atom stereocenters. The van der Waals surface area contributed by atoms with E-state index in [-0.39, 0.29) is 13.1 Å². The van der Waals surface area contributed by atoms with E-state index in [1.807, 2.05) is 18.2 Å². The molecule has 0 fully saturated rings. The van der Waals surface area contributed by atoms with Crippen molar-refractivity contribution in [1.82, 2.24) is 4.31 Å².